The van der Waals surface area contributed by atoms with E-state index in [2.05, 4.69) is 6.07 Å². The van der Waals surface area contributed by atoms with Crippen LogP contribution in [0.2, 0.25) is 0 Å². The van der Waals surface area contributed by atoms with Crippen molar-refractivity contribution in [2.45, 2.75) is 32.1 Å². The van der Waals surface area contributed by atoms with Crippen molar-refractivity contribution >= 4 is 16.0 Å². The molecule has 1 saturated carbocycles. The van der Waals surface area contributed by atoms with Gasteiger partial charge in [0.1, 0.15) is 6.54 Å². The van der Waals surface area contributed by atoms with Gasteiger partial charge in [0, 0.05) is 0 Å². The third kappa shape index (κ3) is 4.32. The molecule has 0 radical (unpaired) electrons. The number of nitriles is 1. The third-order valence-electron chi connectivity index (χ3n) is 2.96. The summed E-state index contributed by atoms with van der Waals surface area (Å²) >= 11 is 0. The minimum atomic E-state index is -3.70. The van der Waals surface area contributed by atoms with Crippen LogP contribution in [0.1, 0.15) is 32.1 Å². The molecule has 0 aliphatic heterocycles. The van der Waals surface area contributed by atoms with Gasteiger partial charge >= 0.3 is 5.97 Å². The van der Waals surface area contributed by atoms with E-state index >= 15 is 0 Å². The van der Waals surface area contributed by atoms with E-state index in [4.69, 9.17) is 10.4 Å². The van der Waals surface area contributed by atoms with E-state index in [1.165, 1.54) is 0 Å². The number of nitrogens with zero attached hydrogens (tertiary/aromatic N) is 1. The zero-order valence-corrected chi connectivity index (χ0v) is 10.3. The highest BCUT2D eigenvalue weighted by atomic mass is 32.2. The topological polar surface area (TPSA) is 107 Å². The Morgan fingerprint density at radius 3 is 2.41 bits per heavy atom. The van der Waals surface area contributed by atoms with Crippen molar-refractivity contribution in [3.8, 4) is 6.07 Å². The van der Waals surface area contributed by atoms with Crippen LogP contribution in [0.5, 0.6) is 0 Å². The first-order chi connectivity index (χ1) is 7.89. The fourth-order valence-corrected chi connectivity index (χ4v) is 3.63. The van der Waals surface area contributed by atoms with Gasteiger partial charge in [-0.15, -0.1) is 0 Å². The smallest absolute Gasteiger partial charge is 0.318 e. The lowest BCUT2D eigenvalue weighted by atomic mass is 9.77. The molecular formula is C10H16N2O4S. The molecule has 0 aromatic rings. The van der Waals surface area contributed by atoms with Gasteiger partial charge in [0.25, 0.3) is 0 Å². The molecule has 6 nitrogen and oxygen atoms in total. The molecule has 0 aromatic heterocycles. The molecule has 0 bridgehead atoms. The Morgan fingerprint density at radius 1 is 1.35 bits per heavy atom. The number of hydrogen-bond donors (Lipinski definition) is 2. The normalized spacial score (nSPS) is 19.5. The summed E-state index contributed by atoms with van der Waals surface area (Å²) < 4.78 is 25.3. The first kappa shape index (κ1) is 13.9. The highest BCUT2D eigenvalue weighted by Crippen LogP contribution is 2.36. The number of sulfonamides is 1. The summed E-state index contributed by atoms with van der Waals surface area (Å²) in [6, 6.07) is 2.09. The Kier molecular flexibility index (Phi) is 4.48. The summed E-state index contributed by atoms with van der Waals surface area (Å²) in [7, 11) is -3.70. The van der Waals surface area contributed by atoms with E-state index in [0.29, 0.717) is 12.8 Å². The van der Waals surface area contributed by atoms with Gasteiger partial charge in [0.05, 0.1) is 17.2 Å². The van der Waals surface area contributed by atoms with Crippen LogP contribution < -0.4 is 4.72 Å². The average Bonchev–Trinajstić information content (AvgIpc) is 2.27. The molecule has 0 atom stereocenters. The van der Waals surface area contributed by atoms with Crippen LogP contribution in [0.3, 0.4) is 0 Å². The summed E-state index contributed by atoms with van der Waals surface area (Å²) in [5, 5.41) is 17.5. The Labute approximate surface area is 101 Å². The van der Waals surface area contributed by atoms with Gasteiger partial charge in [-0.3, -0.25) is 4.79 Å². The van der Waals surface area contributed by atoms with Crippen LogP contribution >= 0.6 is 0 Å². The Hall–Kier alpha value is -1.13. The van der Waals surface area contributed by atoms with Gasteiger partial charge < -0.3 is 5.11 Å². The number of nitrogens with one attached hydrogen (secondary N) is 1. The highest BCUT2D eigenvalue weighted by molar-refractivity contribution is 7.89. The second-order valence-corrected chi connectivity index (χ2v) is 6.23. The van der Waals surface area contributed by atoms with E-state index < -0.39 is 28.0 Å². The predicted molar refractivity (Wildman–Crippen MR) is 60.6 cm³/mol. The standard InChI is InChI=1S/C10H16N2O4S/c11-7-10(4-2-1-3-5-10)8-17(15,16)12-6-9(13)14/h12H,1-6,8H2,(H,13,14). The lowest BCUT2D eigenvalue weighted by Gasteiger charge is -2.29. The Morgan fingerprint density at radius 2 is 1.94 bits per heavy atom. The van der Waals surface area contributed by atoms with E-state index in [1.54, 1.807) is 0 Å². The summed E-state index contributed by atoms with van der Waals surface area (Å²) in [5.74, 6) is -1.53. The Bertz CT molecular complexity index is 418. The zero-order chi connectivity index (χ0) is 12.9. The van der Waals surface area contributed by atoms with Crippen LogP contribution in [-0.4, -0.2) is 31.8 Å². The molecule has 1 rings (SSSR count). The van der Waals surface area contributed by atoms with Crippen molar-refractivity contribution in [3.63, 3.8) is 0 Å². The molecule has 0 spiro atoms. The number of aliphatic carboxylic acids is 1. The molecule has 7 heteroatoms. The number of carboxylic acid groups (broad SMARTS) is 1. The first-order valence-electron chi connectivity index (χ1n) is 5.50. The number of carboxylic acids is 1. The number of rotatable bonds is 5. The van der Waals surface area contributed by atoms with Crippen molar-refractivity contribution in [2.24, 2.45) is 5.41 Å². The molecule has 1 fully saturated rings. The molecule has 1 aliphatic rings. The molecule has 0 heterocycles. The molecule has 0 aromatic carbocycles. The van der Waals surface area contributed by atoms with Gasteiger partial charge in [-0.05, 0) is 12.8 Å². The quantitative estimate of drug-likeness (QED) is 0.747. The average molecular weight is 260 g/mol. The maximum Gasteiger partial charge on any atom is 0.318 e. The van der Waals surface area contributed by atoms with Gasteiger partial charge in [0.15, 0.2) is 0 Å². The van der Waals surface area contributed by atoms with Crippen molar-refractivity contribution in [1.29, 1.82) is 5.26 Å². The number of hydrogen-bond acceptors (Lipinski definition) is 4. The third-order valence-corrected chi connectivity index (χ3v) is 4.47. The lowest BCUT2D eigenvalue weighted by molar-refractivity contribution is -0.135. The van der Waals surface area contributed by atoms with Crippen LogP contribution in [0.15, 0.2) is 0 Å². The molecule has 0 unspecified atom stereocenters. The van der Waals surface area contributed by atoms with Crippen LogP contribution in [0.4, 0.5) is 0 Å². The van der Waals surface area contributed by atoms with E-state index in [0.717, 1.165) is 19.3 Å². The van der Waals surface area contributed by atoms with Crippen LogP contribution in [0, 0.1) is 16.7 Å². The molecule has 1 aliphatic carbocycles. The second-order valence-electron chi connectivity index (χ2n) is 4.43. The molecular weight excluding hydrogens is 244 g/mol. The second kappa shape index (κ2) is 5.47. The summed E-state index contributed by atoms with van der Waals surface area (Å²) in [6.07, 6.45) is 3.85. The van der Waals surface area contributed by atoms with Gasteiger partial charge in [0.2, 0.25) is 10.0 Å². The largest absolute Gasteiger partial charge is 0.480 e. The molecule has 0 amide bonds. The monoisotopic (exact) mass is 260 g/mol. The Balaban J connectivity index is 2.67. The van der Waals surface area contributed by atoms with Crippen LogP contribution in [0.25, 0.3) is 0 Å². The van der Waals surface area contributed by atoms with Crippen LogP contribution in [-0.2, 0) is 14.8 Å². The fraction of sp³-hybridized carbons (Fsp3) is 0.800. The van der Waals surface area contributed by atoms with Crippen molar-refractivity contribution in [1.82, 2.24) is 4.72 Å². The lowest BCUT2D eigenvalue weighted by Crippen LogP contribution is -2.39. The number of carbonyl (C=O) groups is 1. The minimum Gasteiger partial charge on any atom is -0.480 e. The molecule has 17 heavy (non-hydrogen) atoms. The van der Waals surface area contributed by atoms with E-state index in [-0.39, 0.29) is 5.75 Å². The summed E-state index contributed by atoms with van der Waals surface area (Å²) in [6.45, 7) is -0.635. The van der Waals surface area contributed by atoms with Crippen molar-refractivity contribution < 1.29 is 18.3 Å². The first-order valence-corrected chi connectivity index (χ1v) is 7.15. The molecule has 0 saturated heterocycles. The maximum absolute atomic E-state index is 11.6. The minimum absolute atomic E-state index is 0.302. The van der Waals surface area contributed by atoms with E-state index in [9.17, 15) is 13.2 Å². The highest BCUT2D eigenvalue weighted by Gasteiger charge is 2.36. The predicted octanol–water partition coefficient (Wildman–Crippen LogP) is 0.464. The van der Waals surface area contributed by atoms with Crippen molar-refractivity contribution in [3.05, 3.63) is 0 Å². The fourth-order valence-electron chi connectivity index (χ4n) is 2.10. The SMILES string of the molecule is N#CC1(CS(=O)(=O)NCC(=O)O)CCCCC1. The van der Waals surface area contributed by atoms with Gasteiger partial charge in [-0.1, -0.05) is 19.3 Å². The summed E-state index contributed by atoms with van der Waals surface area (Å²) in [4.78, 5) is 10.3. The summed E-state index contributed by atoms with van der Waals surface area (Å²) in [5.41, 5.74) is -0.845. The zero-order valence-electron chi connectivity index (χ0n) is 9.48. The van der Waals surface area contributed by atoms with E-state index in [1.807, 2.05) is 4.72 Å². The van der Waals surface area contributed by atoms with Gasteiger partial charge in [-0.2, -0.15) is 5.26 Å². The van der Waals surface area contributed by atoms with Crippen molar-refractivity contribution in [2.75, 3.05) is 12.3 Å². The van der Waals surface area contributed by atoms with Gasteiger partial charge in [-0.25, -0.2) is 13.1 Å². The molecule has 2 N–H and O–H groups in total. The molecule has 96 valence electrons. The maximum atomic E-state index is 11.6.